The zero-order valence-electron chi connectivity index (χ0n) is 13.5. The van der Waals surface area contributed by atoms with E-state index in [1.54, 1.807) is 12.1 Å². The minimum Gasteiger partial charge on any atom is -0.478 e. The fourth-order valence-electron chi connectivity index (χ4n) is 2.69. The molecule has 2 N–H and O–H groups in total. The number of nitrogens with zero attached hydrogens (tertiary/aromatic N) is 1. The largest absolute Gasteiger partial charge is 0.478 e. The summed E-state index contributed by atoms with van der Waals surface area (Å²) in [7, 11) is 0. The van der Waals surface area contributed by atoms with Crippen LogP contribution in [0.25, 0.3) is 0 Å². The highest BCUT2D eigenvalue weighted by Gasteiger charge is 2.40. The average molecular weight is 373 g/mol. The van der Waals surface area contributed by atoms with Gasteiger partial charge in [0, 0.05) is 5.69 Å². The Morgan fingerprint density at radius 2 is 1.65 bits per heavy atom. The number of nitrogens with one attached hydrogen (secondary N) is 1. The molecule has 0 radical (unpaired) electrons. The fourth-order valence-corrected chi connectivity index (χ4v) is 2.89. The van der Waals surface area contributed by atoms with Crippen molar-refractivity contribution < 1.29 is 24.3 Å². The summed E-state index contributed by atoms with van der Waals surface area (Å²) < 4.78 is 0. The van der Waals surface area contributed by atoms with E-state index in [1.165, 1.54) is 37.3 Å². The molecule has 7 nitrogen and oxygen atoms in total. The molecule has 1 aliphatic rings. The summed E-state index contributed by atoms with van der Waals surface area (Å²) in [6.45, 7) is 1.42. The molecule has 0 fully saturated rings. The van der Waals surface area contributed by atoms with E-state index in [-0.39, 0.29) is 27.4 Å². The van der Waals surface area contributed by atoms with Crippen LogP contribution in [0.5, 0.6) is 0 Å². The van der Waals surface area contributed by atoms with Crippen molar-refractivity contribution in [1.29, 1.82) is 0 Å². The van der Waals surface area contributed by atoms with E-state index in [2.05, 4.69) is 5.32 Å². The molecule has 0 aliphatic carbocycles. The number of aromatic carboxylic acids is 1. The molecule has 3 amide bonds. The lowest BCUT2D eigenvalue weighted by Crippen LogP contribution is -2.45. The first kappa shape index (κ1) is 17.6. The number of carbonyl (C=O) groups excluding carboxylic acids is 3. The van der Waals surface area contributed by atoms with E-state index < -0.39 is 29.7 Å². The third-order valence-corrected chi connectivity index (χ3v) is 4.39. The standard InChI is InChI=1S/C18H13ClN2O5/c1-9(21-16(23)11-4-2-3-5-12(11)17(21)24)15(22)20-10-6-7-14(19)13(8-10)18(25)26/h2-9H,1H3,(H,20,22)(H,25,26). The molecular weight excluding hydrogens is 360 g/mol. The Bertz CT molecular complexity index is 921. The van der Waals surface area contributed by atoms with Gasteiger partial charge in [-0.1, -0.05) is 23.7 Å². The summed E-state index contributed by atoms with van der Waals surface area (Å²) in [5.74, 6) is -2.95. The number of carbonyl (C=O) groups is 4. The lowest BCUT2D eigenvalue weighted by atomic mass is 10.1. The van der Waals surface area contributed by atoms with E-state index >= 15 is 0 Å². The van der Waals surface area contributed by atoms with Crippen LogP contribution >= 0.6 is 11.6 Å². The molecule has 3 rings (SSSR count). The number of imide groups is 1. The molecule has 2 aromatic carbocycles. The lowest BCUT2D eigenvalue weighted by Gasteiger charge is -2.21. The van der Waals surface area contributed by atoms with Crippen molar-refractivity contribution >= 4 is 41.0 Å². The maximum Gasteiger partial charge on any atom is 0.337 e. The number of hydrogen-bond donors (Lipinski definition) is 2. The average Bonchev–Trinajstić information content (AvgIpc) is 2.87. The molecule has 0 saturated carbocycles. The van der Waals surface area contributed by atoms with Gasteiger partial charge in [-0.15, -0.1) is 0 Å². The van der Waals surface area contributed by atoms with Gasteiger partial charge >= 0.3 is 5.97 Å². The first-order chi connectivity index (χ1) is 12.3. The van der Waals surface area contributed by atoms with Crippen LogP contribution in [0.15, 0.2) is 42.5 Å². The number of amides is 3. The Hall–Kier alpha value is -3.19. The van der Waals surface area contributed by atoms with Gasteiger partial charge < -0.3 is 10.4 Å². The van der Waals surface area contributed by atoms with Crippen molar-refractivity contribution in [1.82, 2.24) is 4.90 Å². The number of benzene rings is 2. The molecule has 26 heavy (non-hydrogen) atoms. The van der Waals surface area contributed by atoms with E-state index in [9.17, 15) is 19.2 Å². The molecular formula is C18H13ClN2O5. The van der Waals surface area contributed by atoms with E-state index in [0.717, 1.165) is 4.90 Å². The van der Waals surface area contributed by atoms with Crippen LogP contribution < -0.4 is 5.32 Å². The molecule has 8 heteroatoms. The number of rotatable bonds is 4. The second-order valence-corrected chi connectivity index (χ2v) is 6.10. The van der Waals surface area contributed by atoms with Crippen molar-refractivity contribution in [2.75, 3.05) is 5.32 Å². The summed E-state index contributed by atoms with van der Waals surface area (Å²) in [5.41, 5.74) is 0.520. The monoisotopic (exact) mass is 372 g/mol. The maximum absolute atomic E-state index is 12.5. The minimum absolute atomic E-state index is 0.0314. The highest BCUT2D eigenvalue weighted by Crippen LogP contribution is 2.25. The predicted molar refractivity (Wildman–Crippen MR) is 93.4 cm³/mol. The van der Waals surface area contributed by atoms with Crippen LogP contribution in [-0.4, -0.2) is 39.7 Å². The van der Waals surface area contributed by atoms with Gasteiger partial charge in [0.05, 0.1) is 21.7 Å². The number of carboxylic acid groups (broad SMARTS) is 1. The summed E-state index contributed by atoms with van der Waals surface area (Å²) in [5, 5.41) is 11.6. The molecule has 1 heterocycles. The van der Waals surface area contributed by atoms with Gasteiger partial charge in [-0.05, 0) is 37.3 Å². The van der Waals surface area contributed by atoms with Crippen LogP contribution in [0, 0.1) is 0 Å². The zero-order valence-corrected chi connectivity index (χ0v) is 14.3. The van der Waals surface area contributed by atoms with Gasteiger partial charge in [0.15, 0.2) is 0 Å². The summed E-state index contributed by atoms with van der Waals surface area (Å²) >= 11 is 5.79. The Kier molecular flexibility index (Phi) is 4.48. The van der Waals surface area contributed by atoms with Gasteiger partial charge in [-0.25, -0.2) is 4.79 Å². The lowest BCUT2D eigenvalue weighted by molar-refractivity contribution is -0.119. The van der Waals surface area contributed by atoms with E-state index in [0.29, 0.717) is 0 Å². The molecule has 1 aliphatic heterocycles. The van der Waals surface area contributed by atoms with Gasteiger partial charge in [0.1, 0.15) is 6.04 Å². The third kappa shape index (κ3) is 2.93. The Morgan fingerprint density at radius 3 is 2.19 bits per heavy atom. The van der Waals surface area contributed by atoms with Crippen molar-refractivity contribution in [2.24, 2.45) is 0 Å². The number of halogens is 1. The van der Waals surface area contributed by atoms with Crippen molar-refractivity contribution in [2.45, 2.75) is 13.0 Å². The van der Waals surface area contributed by atoms with Crippen LogP contribution in [0.3, 0.4) is 0 Å². The quantitative estimate of drug-likeness (QED) is 0.803. The van der Waals surface area contributed by atoms with E-state index in [4.69, 9.17) is 16.7 Å². The number of fused-ring (bicyclic) bond motifs is 1. The molecule has 2 aromatic rings. The smallest absolute Gasteiger partial charge is 0.337 e. The Labute approximate surface area is 153 Å². The molecule has 1 unspecified atom stereocenters. The topological polar surface area (TPSA) is 104 Å². The van der Waals surface area contributed by atoms with Crippen LogP contribution in [0.4, 0.5) is 5.69 Å². The SMILES string of the molecule is CC(C(=O)Nc1ccc(Cl)c(C(=O)O)c1)N1C(=O)c2ccccc2C1=O. The molecule has 0 aromatic heterocycles. The molecule has 1 atom stereocenters. The normalized spacial score (nSPS) is 14.2. The highest BCUT2D eigenvalue weighted by atomic mass is 35.5. The van der Waals surface area contributed by atoms with Crippen LogP contribution in [0.1, 0.15) is 38.0 Å². The van der Waals surface area contributed by atoms with Gasteiger partial charge in [0.25, 0.3) is 11.8 Å². The Morgan fingerprint density at radius 1 is 1.08 bits per heavy atom. The predicted octanol–water partition coefficient (Wildman–Crippen LogP) is 2.66. The second kappa shape index (κ2) is 6.61. The maximum atomic E-state index is 12.5. The number of anilines is 1. The fraction of sp³-hybridized carbons (Fsp3) is 0.111. The highest BCUT2D eigenvalue weighted by molar-refractivity contribution is 6.33. The summed E-state index contributed by atoms with van der Waals surface area (Å²) in [6.07, 6.45) is 0. The van der Waals surface area contributed by atoms with Gasteiger partial charge in [0.2, 0.25) is 5.91 Å². The van der Waals surface area contributed by atoms with E-state index in [1.807, 2.05) is 0 Å². The molecule has 132 valence electrons. The number of carboxylic acids is 1. The third-order valence-electron chi connectivity index (χ3n) is 4.06. The number of hydrogen-bond acceptors (Lipinski definition) is 4. The van der Waals surface area contributed by atoms with Crippen molar-refractivity contribution in [3.8, 4) is 0 Å². The summed E-state index contributed by atoms with van der Waals surface area (Å²) in [4.78, 5) is 49.3. The van der Waals surface area contributed by atoms with Crippen molar-refractivity contribution in [3.05, 3.63) is 64.2 Å². The first-order valence-corrected chi connectivity index (χ1v) is 7.99. The zero-order chi connectivity index (χ0) is 19.0. The van der Waals surface area contributed by atoms with Crippen LogP contribution in [0.2, 0.25) is 5.02 Å². The summed E-state index contributed by atoms with van der Waals surface area (Å²) in [6, 6.07) is 9.23. The molecule has 0 bridgehead atoms. The first-order valence-electron chi connectivity index (χ1n) is 7.62. The Balaban J connectivity index is 1.81. The second-order valence-electron chi connectivity index (χ2n) is 5.69. The molecule has 0 spiro atoms. The van der Waals surface area contributed by atoms with Crippen LogP contribution in [-0.2, 0) is 4.79 Å². The van der Waals surface area contributed by atoms with Crippen molar-refractivity contribution in [3.63, 3.8) is 0 Å². The molecule has 0 saturated heterocycles. The minimum atomic E-state index is -1.24. The van der Waals surface area contributed by atoms with Gasteiger partial charge in [-0.2, -0.15) is 0 Å². The van der Waals surface area contributed by atoms with Gasteiger partial charge in [-0.3, -0.25) is 19.3 Å².